The Morgan fingerprint density at radius 3 is 2.69 bits per heavy atom. The molecule has 0 amide bonds. The Hall–Kier alpha value is -0.340. The average molecular weight is 225 g/mol. The highest BCUT2D eigenvalue weighted by Crippen LogP contribution is 2.38. The van der Waals surface area contributed by atoms with Gasteiger partial charge in [0.2, 0.25) is 0 Å². The number of ether oxygens (including phenoxy) is 1. The van der Waals surface area contributed by atoms with E-state index in [1.54, 1.807) is 0 Å². The number of rotatable bonds is 9. The summed E-state index contributed by atoms with van der Waals surface area (Å²) in [6, 6.07) is 0. The molecule has 2 nitrogen and oxygen atoms in total. The maximum atomic E-state index is 6.00. The van der Waals surface area contributed by atoms with Crippen molar-refractivity contribution < 1.29 is 4.74 Å². The van der Waals surface area contributed by atoms with Gasteiger partial charge < -0.3 is 10.1 Å². The van der Waals surface area contributed by atoms with Crippen LogP contribution < -0.4 is 5.32 Å². The van der Waals surface area contributed by atoms with Crippen LogP contribution in [0.2, 0.25) is 0 Å². The van der Waals surface area contributed by atoms with E-state index in [4.69, 9.17) is 4.74 Å². The van der Waals surface area contributed by atoms with Crippen LogP contribution in [-0.2, 0) is 4.74 Å². The zero-order chi connectivity index (χ0) is 11.9. The van der Waals surface area contributed by atoms with Gasteiger partial charge in [-0.15, -0.1) is 6.58 Å². The summed E-state index contributed by atoms with van der Waals surface area (Å²) in [4.78, 5) is 0. The van der Waals surface area contributed by atoms with Crippen molar-refractivity contribution in [3.63, 3.8) is 0 Å². The molecule has 0 saturated heterocycles. The summed E-state index contributed by atoms with van der Waals surface area (Å²) in [6.45, 7) is 11.3. The fourth-order valence-electron chi connectivity index (χ4n) is 2.10. The SMILES string of the molecule is C=CCCOC1(CCNCC(C)C)CCC1. The highest BCUT2D eigenvalue weighted by Gasteiger charge is 2.37. The van der Waals surface area contributed by atoms with E-state index in [2.05, 4.69) is 25.7 Å². The van der Waals surface area contributed by atoms with Gasteiger partial charge >= 0.3 is 0 Å². The normalized spacial score (nSPS) is 18.4. The van der Waals surface area contributed by atoms with Gasteiger partial charge in [-0.2, -0.15) is 0 Å². The van der Waals surface area contributed by atoms with Gasteiger partial charge in [0.1, 0.15) is 0 Å². The van der Waals surface area contributed by atoms with E-state index in [0.29, 0.717) is 0 Å². The number of hydrogen-bond donors (Lipinski definition) is 1. The summed E-state index contributed by atoms with van der Waals surface area (Å²) in [5.74, 6) is 0.735. The van der Waals surface area contributed by atoms with Crippen LogP contribution in [0.15, 0.2) is 12.7 Å². The Kier molecular flexibility index (Phi) is 6.07. The van der Waals surface area contributed by atoms with E-state index in [-0.39, 0.29) is 5.60 Å². The minimum absolute atomic E-state index is 0.201. The second-order valence-corrected chi connectivity index (χ2v) is 5.31. The van der Waals surface area contributed by atoms with Crippen molar-refractivity contribution in [1.29, 1.82) is 0 Å². The summed E-state index contributed by atoms with van der Waals surface area (Å²) in [5, 5.41) is 3.50. The molecule has 0 unspecified atom stereocenters. The molecule has 1 aliphatic carbocycles. The summed E-state index contributed by atoms with van der Waals surface area (Å²) in [7, 11) is 0. The third kappa shape index (κ3) is 4.67. The van der Waals surface area contributed by atoms with Crippen molar-refractivity contribution in [2.75, 3.05) is 19.7 Å². The predicted molar refractivity (Wildman–Crippen MR) is 69.7 cm³/mol. The first-order valence-electron chi connectivity index (χ1n) is 6.64. The van der Waals surface area contributed by atoms with Gasteiger partial charge in [-0.1, -0.05) is 19.9 Å². The molecule has 0 aromatic carbocycles. The van der Waals surface area contributed by atoms with Crippen molar-refractivity contribution >= 4 is 0 Å². The fraction of sp³-hybridized carbons (Fsp3) is 0.857. The summed E-state index contributed by atoms with van der Waals surface area (Å²) in [5.41, 5.74) is 0.201. The molecule has 0 aliphatic heterocycles. The maximum absolute atomic E-state index is 6.00. The van der Waals surface area contributed by atoms with Crippen molar-refractivity contribution in [3.05, 3.63) is 12.7 Å². The predicted octanol–water partition coefficient (Wildman–Crippen LogP) is 3.14. The van der Waals surface area contributed by atoms with Crippen LogP contribution in [-0.4, -0.2) is 25.3 Å². The molecule has 94 valence electrons. The lowest BCUT2D eigenvalue weighted by Gasteiger charge is -2.42. The largest absolute Gasteiger partial charge is 0.375 e. The summed E-state index contributed by atoms with van der Waals surface area (Å²) < 4.78 is 6.00. The van der Waals surface area contributed by atoms with Gasteiger partial charge in [-0.3, -0.25) is 0 Å². The Labute approximate surface area is 100 Å². The Morgan fingerprint density at radius 2 is 2.19 bits per heavy atom. The molecular formula is C14H27NO. The average Bonchev–Trinajstić information content (AvgIpc) is 2.19. The van der Waals surface area contributed by atoms with Crippen LogP contribution in [0, 0.1) is 5.92 Å². The molecule has 2 heteroatoms. The van der Waals surface area contributed by atoms with E-state index in [9.17, 15) is 0 Å². The zero-order valence-electron chi connectivity index (χ0n) is 10.9. The third-order valence-corrected chi connectivity index (χ3v) is 3.30. The van der Waals surface area contributed by atoms with Gasteiger partial charge in [-0.25, -0.2) is 0 Å². The minimum Gasteiger partial charge on any atom is -0.375 e. The minimum atomic E-state index is 0.201. The van der Waals surface area contributed by atoms with Crippen molar-refractivity contribution in [2.45, 2.75) is 51.6 Å². The molecule has 0 atom stereocenters. The third-order valence-electron chi connectivity index (χ3n) is 3.30. The molecule has 1 aliphatic rings. The second-order valence-electron chi connectivity index (χ2n) is 5.31. The smallest absolute Gasteiger partial charge is 0.0694 e. The molecule has 0 radical (unpaired) electrons. The van der Waals surface area contributed by atoms with Gasteiger partial charge in [-0.05, 0) is 51.1 Å². The molecule has 1 rings (SSSR count). The lowest BCUT2D eigenvalue weighted by Crippen LogP contribution is -2.43. The molecular weight excluding hydrogens is 198 g/mol. The van der Waals surface area contributed by atoms with Crippen molar-refractivity contribution in [2.24, 2.45) is 5.92 Å². The standard InChI is InChI=1S/C14H27NO/c1-4-5-11-16-14(7-6-8-14)9-10-15-12-13(2)3/h4,13,15H,1,5-12H2,2-3H3. The first-order chi connectivity index (χ1) is 7.68. The quantitative estimate of drug-likeness (QED) is 0.481. The molecule has 0 aromatic rings. The molecule has 0 aromatic heterocycles. The molecule has 1 fully saturated rings. The van der Waals surface area contributed by atoms with E-state index >= 15 is 0 Å². The lowest BCUT2D eigenvalue weighted by molar-refractivity contribution is -0.102. The fourth-order valence-corrected chi connectivity index (χ4v) is 2.10. The Bertz CT molecular complexity index is 197. The van der Waals surface area contributed by atoms with E-state index in [0.717, 1.165) is 38.5 Å². The summed E-state index contributed by atoms with van der Waals surface area (Å²) >= 11 is 0. The van der Waals surface area contributed by atoms with Crippen LogP contribution in [0.3, 0.4) is 0 Å². The van der Waals surface area contributed by atoms with Gasteiger partial charge in [0.05, 0.1) is 12.2 Å². The highest BCUT2D eigenvalue weighted by atomic mass is 16.5. The molecule has 16 heavy (non-hydrogen) atoms. The van der Waals surface area contributed by atoms with Crippen LogP contribution in [0.1, 0.15) is 46.0 Å². The first kappa shape index (κ1) is 13.7. The van der Waals surface area contributed by atoms with Crippen molar-refractivity contribution in [1.82, 2.24) is 5.32 Å². The van der Waals surface area contributed by atoms with Crippen LogP contribution in [0.25, 0.3) is 0 Å². The van der Waals surface area contributed by atoms with Crippen LogP contribution >= 0.6 is 0 Å². The summed E-state index contributed by atoms with van der Waals surface area (Å²) in [6.07, 6.45) is 7.89. The van der Waals surface area contributed by atoms with E-state index in [1.807, 2.05) is 6.08 Å². The van der Waals surface area contributed by atoms with E-state index in [1.165, 1.54) is 19.3 Å². The second kappa shape index (κ2) is 7.08. The Morgan fingerprint density at radius 1 is 1.44 bits per heavy atom. The van der Waals surface area contributed by atoms with E-state index < -0.39 is 0 Å². The van der Waals surface area contributed by atoms with Crippen LogP contribution in [0.5, 0.6) is 0 Å². The van der Waals surface area contributed by atoms with Gasteiger partial charge in [0, 0.05) is 0 Å². The number of nitrogens with one attached hydrogen (secondary N) is 1. The molecule has 0 bridgehead atoms. The maximum Gasteiger partial charge on any atom is 0.0694 e. The zero-order valence-corrected chi connectivity index (χ0v) is 10.9. The van der Waals surface area contributed by atoms with Crippen LogP contribution in [0.4, 0.5) is 0 Å². The molecule has 0 spiro atoms. The van der Waals surface area contributed by atoms with Crippen molar-refractivity contribution in [3.8, 4) is 0 Å². The molecule has 1 saturated carbocycles. The topological polar surface area (TPSA) is 21.3 Å². The monoisotopic (exact) mass is 225 g/mol. The first-order valence-corrected chi connectivity index (χ1v) is 6.64. The number of hydrogen-bond acceptors (Lipinski definition) is 2. The van der Waals surface area contributed by atoms with Gasteiger partial charge in [0.25, 0.3) is 0 Å². The highest BCUT2D eigenvalue weighted by molar-refractivity contribution is 4.90. The van der Waals surface area contributed by atoms with Gasteiger partial charge in [0.15, 0.2) is 0 Å². The lowest BCUT2D eigenvalue weighted by atomic mass is 9.77. The Balaban J connectivity index is 2.12. The molecule has 1 N–H and O–H groups in total. The molecule has 0 heterocycles.